The molecule has 5 heteroatoms. The fourth-order valence-electron chi connectivity index (χ4n) is 1.56. The van der Waals surface area contributed by atoms with Gasteiger partial charge < -0.3 is 0 Å². The monoisotopic (exact) mass is 288 g/mol. The first-order valence-corrected chi connectivity index (χ1v) is 8.03. The van der Waals surface area contributed by atoms with Gasteiger partial charge in [-0.05, 0) is 18.1 Å². The van der Waals surface area contributed by atoms with Crippen molar-refractivity contribution in [2.24, 2.45) is 5.92 Å². The molecule has 100 valence electrons. The second-order valence-electron chi connectivity index (χ2n) is 4.50. The van der Waals surface area contributed by atoms with Crippen LogP contribution in [0.25, 0.3) is 0 Å². The average Bonchev–Trinajstić information content (AvgIpc) is 2.27. The van der Waals surface area contributed by atoms with E-state index in [0.29, 0.717) is 10.6 Å². The molecule has 0 aliphatic heterocycles. The number of rotatable bonds is 6. The van der Waals surface area contributed by atoms with E-state index in [9.17, 15) is 13.2 Å². The summed E-state index contributed by atoms with van der Waals surface area (Å²) in [6, 6.07) is 6.35. The van der Waals surface area contributed by atoms with Crippen molar-refractivity contribution < 1.29 is 13.2 Å². The van der Waals surface area contributed by atoms with Gasteiger partial charge >= 0.3 is 0 Å². The lowest BCUT2D eigenvalue weighted by Gasteiger charge is -2.09. The van der Waals surface area contributed by atoms with Crippen molar-refractivity contribution in [3.63, 3.8) is 0 Å². The molecule has 1 unspecified atom stereocenters. The standard InChI is InChI=1S/C13H17ClO3S/c1-3-10(2)8-18(16,17)9-13(15)11-5-4-6-12(14)7-11/h4-7,10H,3,8-9H2,1-2H3. The lowest BCUT2D eigenvalue weighted by atomic mass is 10.1. The normalized spacial score (nSPS) is 13.3. The summed E-state index contributed by atoms with van der Waals surface area (Å²) in [7, 11) is -3.35. The van der Waals surface area contributed by atoms with Gasteiger partial charge in [-0.25, -0.2) is 8.42 Å². The van der Waals surface area contributed by atoms with Crippen LogP contribution < -0.4 is 0 Å². The Morgan fingerprint density at radius 1 is 1.39 bits per heavy atom. The molecule has 0 heterocycles. The van der Waals surface area contributed by atoms with Crippen molar-refractivity contribution in [2.75, 3.05) is 11.5 Å². The van der Waals surface area contributed by atoms with Crippen LogP contribution in [-0.2, 0) is 9.84 Å². The zero-order valence-corrected chi connectivity index (χ0v) is 12.1. The number of Topliss-reactive ketones (excluding diaryl/α,β-unsaturated/α-hetero) is 1. The van der Waals surface area contributed by atoms with Crippen molar-refractivity contribution >= 4 is 27.2 Å². The SMILES string of the molecule is CCC(C)CS(=O)(=O)CC(=O)c1cccc(Cl)c1. The molecule has 0 N–H and O–H groups in total. The summed E-state index contributed by atoms with van der Waals surface area (Å²) in [5.41, 5.74) is 0.343. The molecule has 1 aromatic carbocycles. The van der Waals surface area contributed by atoms with Crippen LogP contribution in [0.1, 0.15) is 30.6 Å². The summed E-state index contributed by atoms with van der Waals surface area (Å²) >= 11 is 5.77. The van der Waals surface area contributed by atoms with E-state index in [-0.39, 0.29) is 11.7 Å². The maximum atomic E-state index is 11.8. The van der Waals surface area contributed by atoms with Crippen LogP contribution in [0.3, 0.4) is 0 Å². The van der Waals surface area contributed by atoms with Gasteiger partial charge in [0.2, 0.25) is 0 Å². The maximum absolute atomic E-state index is 11.8. The van der Waals surface area contributed by atoms with Gasteiger partial charge in [-0.2, -0.15) is 0 Å². The summed E-state index contributed by atoms with van der Waals surface area (Å²) in [6.45, 7) is 3.79. The fourth-order valence-corrected chi connectivity index (χ4v) is 3.53. The van der Waals surface area contributed by atoms with Crippen LogP contribution in [0.5, 0.6) is 0 Å². The fraction of sp³-hybridized carbons (Fsp3) is 0.462. The molecule has 0 spiro atoms. The molecule has 0 radical (unpaired) electrons. The third-order valence-electron chi connectivity index (χ3n) is 2.73. The Bertz CT molecular complexity index is 523. The Balaban J connectivity index is 2.76. The second kappa shape index (κ2) is 6.34. The number of hydrogen-bond acceptors (Lipinski definition) is 3. The molecule has 0 saturated heterocycles. The van der Waals surface area contributed by atoms with Gasteiger partial charge in [-0.3, -0.25) is 4.79 Å². The van der Waals surface area contributed by atoms with E-state index in [1.54, 1.807) is 18.2 Å². The third-order valence-corrected chi connectivity index (χ3v) is 4.75. The van der Waals surface area contributed by atoms with Crippen LogP contribution in [0.4, 0.5) is 0 Å². The summed E-state index contributed by atoms with van der Waals surface area (Å²) in [5.74, 6) is -0.726. The first kappa shape index (κ1) is 15.2. The van der Waals surface area contributed by atoms with Crippen LogP contribution in [0.2, 0.25) is 5.02 Å². The molecule has 0 amide bonds. The van der Waals surface area contributed by atoms with E-state index < -0.39 is 21.4 Å². The average molecular weight is 289 g/mol. The number of carbonyl (C=O) groups is 1. The number of halogens is 1. The quantitative estimate of drug-likeness (QED) is 0.756. The van der Waals surface area contributed by atoms with Gasteiger partial charge in [0.15, 0.2) is 15.6 Å². The van der Waals surface area contributed by atoms with E-state index in [1.165, 1.54) is 6.07 Å². The highest BCUT2D eigenvalue weighted by molar-refractivity contribution is 7.92. The number of benzene rings is 1. The number of ketones is 1. The van der Waals surface area contributed by atoms with E-state index >= 15 is 0 Å². The lowest BCUT2D eigenvalue weighted by Crippen LogP contribution is -2.22. The third kappa shape index (κ3) is 4.78. The van der Waals surface area contributed by atoms with Crippen LogP contribution in [0, 0.1) is 5.92 Å². The zero-order chi connectivity index (χ0) is 13.8. The second-order valence-corrected chi connectivity index (χ2v) is 7.05. The summed E-state index contributed by atoms with van der Waals surface area (Å²) in [5, 5.41) is 0.431. The molecule has 18 heavy (non-hydrogen) atoms. The topological polar surface area (TPSA) is 51.2 Å². The molecule has 0 aliphatic carbocycles. The van der Waals surface area contributed by atoms with Gasteiger partial charge in [0.1, 0.15) is 5.75 Å². The minimum absolute atomic E-state index is 0.0514. The van der Waals surface area contributed by atoms with E-state index in [0.717, 1.165) is 6.42 Å². The van der Waals surface area contributed by atoms with E-state index in [2.05, 4.69) is 0 Å². The predicted octanol–water partition coefficient (Wildman–Crippen LogP) is 2.98. The van der Waals surface area contributed by atoms with Gasteiger partial charge in [-0.15, -0.1) is 0 Å². The Kier molecular flexibility index (Phi) is 5.35. The van der Waals surface area contributed by atoms with Crippen molar-refractivity contribution in [3.05, 3.63) is 34.9 Å². The molecule has 3 nitrogen and oxygen atoms in total. The maximum Gasteiger partial charge on any atom is 0.177 e. The largest absolute Gasteiger partial charge is 0.293 e. The Morgan fingerprint density at radius 2 is 2.06 bits per heavy atom. The molecule has 0 aliphatic rings. The van der Waals surface area contributed by atoms with Crippen molar-refractivity contribution in [1.82, 2.24) is 0 Å². The Morgan fingerprint density at radius 3 is 2.61 bits per heavy atom. The smallest absolute Gasteiger partial charge is 0.177 e. The first-order chi connectivity index (χ1) is 8.34. The van der Waals surface area contributed by atoms with Crippen molar-refractivity contribution in [3.8, 4) is 0 Å². The lowest BCUT2D eigenvalue weighted by molar-refractivity contribution is 0.102. The minimum Gasteiger partial charge on any atom is -0.293 e. The number of carbonyl (C=O) groups excluding carboxylic acids is 1. The van der Waals surface area contributed by atoms with Crippen LogP contribution in [-0.4, -0.2) is 25.7 Å². The van der Waals surface area contributed by atoms with Crippen LogP contribution >= 0.6 is 11.6 Å². The first-order valence-electron chi connectivity index (χ1n) is 5.83. The molecule has 1 atom stereocenters. The van der Waals surface area contributed by atoms with E-state index in [4.69, 9.17) is 11.6 Å². The van der Waals surface area contributed by atoms with E-state index in [1.807, 2.05) is 13.8 Å². The molecular weight excluding hydrogens is 272 g/mol. The number of hydrogen-bond donors (Lipinski definition) is 0. The van der Waals surface area contributed by atoms with Crippen molar-refractivity contribution in [2.45, 2.75) is 20.3 Å². The zero-order valence-electron chi connectivity index (χ0n) is 10.5. The Labute approximate surface area is 113 Å². The summed E-state index contributed by atoms with van der Waals surface area (Å²) in [6.07, 6.45) is 0.782. The highest BCUT2D eigenvalue weighted by Crippen LogP contribution is 2.13. The molecule has 0 saturated carbocycles. The van der Waals surface area contributed by atoms with Gasteiger partial charge in [-0.1, -0.05) is 44.0 Å². The summed E-state index contributed by atoms with van der Waals surface area (Å²) < 4.78 is 23.6. The molecule has 1 aromatic rings. The molecule has 1 rings (SSSR count). The molecular formula is C13H17ClO3S. The predicted molar refractivity (Wildman–Crippen MR) is 73.9 cm³/mol. The minimum atomic E-state index is -3.35. The van der Waals surface area contributed by atoms with Gasteiger partial charge in [0, 0.05) is 10.6 Å². The number of sulfone groups is 1. The van der Waals surface area contributed by atoms with Gasteiger partial charge in [0.25, 0.3) is 0 Å². The molecule has 0 fully saturated rings. The molecule has 0 bridgehead atoms. The highest BCUT2D eigenvalue weighted by atomic mass is 35.5. The summed E-state index contributed by atoms with van der Waals surface area (Å²) in [4.78, 5) is 11.8. The Hall–Kier alpha value is -0.870. The molecule has 0 aromatic heterocycles. The van der Waals surface area contributed by atoms with Crippen LogP contribution in [0.15, 0.2) is 24.3 Å². The highest BCUT2D eigenvalue weighted by Gasteiger charge is 2.20. The van der Waals surface area contributed by atoms with Gasteiger partial charge in [0.05, 0.1) is 5.75 Å². The van der Waals surface area contributed by atoms with Crippen molar-refractivity contribution in [1.29, 1.82) is 0 Å².